The topological polar surface area (TPSA) is 62.6 Å². The second kappa shape index (κ2) is 10.1. The highest BCUT2D eigenvalue weighted by molar-refractivity contribution is 6.12. The van der Waals surface area contributed by atoms with Crippen LogP contribution >= 0.6 is 0 Å². The summed E-state index contributed by atoms with van der Waals surface area (Å²) in [6, 6.07) is 23.4. The summed E-state index contributed by atoms with van der Waals surface area (Å²) in [5, 5.41) is 9.71. The van der Waals surface area contributed by atoms with Crippen LogP contribution in [0.5, 0.6) is 11.5 Å². The normalized spacial score (nSPS) is 12.8. The minimum atomic E-state index is -0.291. The Labute approximate surface area is 194 Å². The Hall–Kier alpha value is -4.04. The minimum absolute atomic E-state index is 0.0859. The van der Waals surface area contributed by atoms with Gasteiger partial charge in [-0.05, 0) is 66.8 Å². The van der Waals surface area contributed by atoms with Crippen molar-refractivity contribution in [1.29, 1.82) is 5.26 Å². The Kier molecular flexibility index (Phi) is 6.75. The summed E-state index contributed by atoms with van der Waals surface area (Å²) in [5.74, 6) is 0.909. The third-order valence-corrected chi connectivity index (χ3v) is 5.71. The van der Waals surface area contributed by atoms with Gasteiger partial charge in [0.15, 0.2) is 11.5 Å². The quantitative estimate of drug-likeness (QED) is 0.363. The van der Waals surface area contributed by atoms with E-state index in [-0.39, 0.29) is 11.5 Å². The van der Waals surface area contributed by atoms with E-state index in [1.807, 2.05) is 61.5 Å². The van der Waals surface area contributed by atoms with E-state index in [2.05, 4.69) is 19.1 Å². The van der Waals surface area contributed by atoms with E-state index < -0.39 is 0 Å². The SMILES string of the molecule is CCOc1cc(C=C(C#N)C(=O)N2CCc3ccccc32)ccc1OCc1ccccc1C. The number of para-hydroxylation sites is 1. The molecule has 5 nitrogen and oxygen atoms in total. The highest BCUT2D eigenvalue weighted by Gasteiger charge is 2.26. The lowest BCUT2D eigenvalue weighted by Crippen LogP contribution is -2.29. The molecule has 0 bridgehead atoms. The lowest BCUT2D eigenvalue weighted by atomic mass is 10.1. The molecule has 1 aliphatic rings. The maximum atomic E-state index is 13.1. The van der Waals surface area contributed by atoms with Crippen LogP contribution in [0.25, 0.3) is 6.08 Å². The number of hydrogen-bond acceptors (Lipinski definition) is 4. The smallest absolute Gasteiger partial charge is 0.268 e. The molecule has 0 N–H and O–H groups in total. The van der Waals surface area contributed by atoms with Crippen molar-refractivity contribution < 1.29 is 14.3 Å². The molecule has 5 heteroatoms. The maximum absolute atomic E-state index is 13.1. The van der Waals surface area contributed by atoms with Gasteiger partial charge in [0.1, 0.15) is 18.2 Å². The van der Waals surface area contributed by atoms with E-state index in [4.69, 9.17) is 9.47 Å². The molecule has 1 aliphatic heterocycles. The van der Waals surface area contributed by atoms with Crippen LogP contribution in [0, 0.1) is 18.3 Å². The fourth-order valence-corrected chi connectivity index (χ4v) is 3.93. The molecule has 0 saturated heterocycles. The van der Waals surface area contributed by atoms with E-state index in [1.165, 1.54) is 0 Å². The molecule has 1 heterocycles. The molecule has 0 unspecified atom stereocenters. The Balaban J connectivity index is 1.56. The number of nitrogens with zero attached hydrogens (tertiary/aromatic N) is 2. The number of nitriles is 1. The molecule has 3 aromatic carbocycles. The molecule has 0 aliphatic carbocycles. The average molecular weight is 439 g/mol. The van der Waals surface area contributed by atoms with Crippen molar-refractivity contribution in [3.05, 3.63) is 94.6 Å². The Morgan fingerprint density at radius 3 is 2.64 bits per heavy atom. The monoisotopic (exact) mass is 438 g/mol. The van der Waals surface area contributed by atoms with E-state index >= 15 is 0 Å². The largest absolute Gasteiger partial charge is 0.490 e. The van der Waals surface area contributed by atoms with Crippen LogP contribution < -0.4 is 14.4 Å². The van der Waals surface area contributed by atoms with Gasteiger partial charge in [-0.2, -0.15) is 5.26 Å². The molecular weight excluding hydrogens is 412 g/mol. The van der Waals surface area contributed by atoms with Gasteiger partial charge in [0, 0.05) is 12.2 Å². The molecule has 0 aromatic heterocycles. The summed E-state index contributed by atoms with van der Waals surface area (Å²) in [5.41, 5.74) is 5.06. The molecule has 0 radical (unpaired) electrons. The number of hydrogen-bond donors (Lipinski definition) is 0. The summed E-state index contributed by atoms with van der Waals surface area (Å²) in [4.78, 5) is 14.8. The van der Waals surface area contributed by atoms with Crippen molar-refractivity contribution in [3.8, 4) is 17.6 Å². The predicted molar refractivity (Wildman–Crippen MR) is 129 cm³/mol. The minimum Gasteiger partial charge on any atom is -0.490 e. The highest BCUT2D eigenvalue weighted by atomic mass is 16.5. The first kappa shape index (κ1) is 22.2. The molecular formula is C28H26N2O3. The van der Waals surface area contributed by atoms with Crippen molar-refractivity contribution in [3.63, 3.8) is 0 Å². The third kappa shape index (κ3) is 4.91. The molecule has 33 heavy (non-hydrogen) atoms. The van der Waals surface area contributed by atoms with E-state index in [0.717, 1.165) is 28.8 Å². The zero-order valence-electron chi connectivity index (χ0n) is 18.9. The first-order valence-corrected chi connectivity index (χ1v) is 11.1. The Morgan fingerprint density at radius 2 is 1.85 bits per heavy atom. The molecule has 0 spiro atoms. The number of fused-ring (bicyclic) bond motifs is 1. The fourth-order valence-electron chi connectivity index (χ4n) is 3.93. The van der Waals surface area contributed by atoms with E-state index in [1.54, 1.807) is 17.0 Å². The molecule has 3 aromatic rings. The number of amides is 1. The van der Waals surface area contributed by atoms with Crippen LogP contribution in [-0.2, 0) is 17.8 Å². The van der Waals surface area contributed by atoms with Gasteiger partial charge in [0.05, 0.1) is 6.61 Å². The van der Waals surface area contributed by atoms with Gasteiger partial charge >= 0.3 is 0 Å². The average Bonchev–Trinajstić information content (AvgIpc) is 3.27. The predicted octanol–water partition coefficient (Wildman–Crippen LogP) is 5.47. The van der Waals surface area contributed by atoms with Crippen LogP contribution in [0.3, 0.4) is 0 Å². The van der Waals surface area contributed by atoms with Gasteiger partial charge < -0.3 is 14.4 Å². The van der Waals surface area contributed by atoms with E-state index in [9.17, 15) is 10.1 Å². The van der Waals surface area contributed by atoms with Gasteiger partial charge in [-0.1, -0.05) is 48.5 Å². The second-order valence-corrected chi connectivity index (χ2v) is 7.86. The van der Waals surface area contributed by atoms with Crippen LogP contribution in [0.2, 0.25) is 0 Å². The highest BCUT2D eigenvalue weighted by Crippen LogP contribution is 2.32. The Bertz CT molecular complexity index is 1240. The zero-order valence-corrected chi connectivity index (χ0v) is 18.9. The first-order chi connectivity index (χ1) is 16.1. The molecule has 0 saturated carbocycles. The van der Waals surface area contributed by atoms with Gasteiger partial charge in [-0.3, -0.25) is 4.79 Å². The van der Waals surface area contributed by atoms with Gasteiger partial charge in [0.25, 0.3) is 5.91 Å². The number of carbonyl (C=O) groups is 1. The van der Waals surface area contributed by atoms with Gasteiger partial charge in [-0.15, -0.1) is 0 Å². The molecule has 166 valence electrons. The van der Waals surface area contributed by atoms with Gasteiger partial charge in [-0.25, -0.2) is 0 Å². The molecule has 1 amide bonds. The van der Waals surface area contributed by atoms with Crippen molar-refractivity contribution in [2.75, 3.05) is 18.1 Å². The molecule has 4 rings (SSSR count). The van der Waals surface area contributed by atoms with E-state index in [0.29, 0.717) is 36.8 Å². The lowest BCUT2D eigenvalue weighted by molar-refractivity contribution is -0.114. The number of benzene rings is 3. The molecule has 0 fully saturated rings. The fraction of sp³-hybridized carbons (Fsp3) is 0.214. The lowest BCUT2D eigenvalue weighted by Gasteiger charge is -2.17. The first-order valence-electron chi connectivity index (χ1n) is 11.1. The van der Waals surface area contributed by atoms with Crippen molar-refractivity contribution in [2.24, 2.45) is 0 Å². The second-order valence-electron chi connectivity index (χ2n) is 7.86. The molecule has 0 atom stereocenters. The van der Waals surface area contributed by atoms with Crippen molar-refractivity contribution in [1.82, 2.24) is 0 Å². The summed E-state index contributed by atoms with van der Waals surface area (Å²) in [7, 11) is 0. The number of anilines is 1. The van der Waals surface area contributed by atoms with Crippen molar-refractivity contribution in [2.45, 2.75) is 26.9 Å². The summed E-state index contributed by atoms with van der Waals surface area (Å²) < 4.78 is 11.8. The zero-order chi connectivity index (χ0) is 23.2. The van der Waals surface area contributed by atoms with Crippen LogP contribution in [0.1, 0.15) is 29.2 Å². The van der Waals surface area contributed by atoms with Gasteiger partial charge in [0.2, 0.25) is 0 Å². The van der Waals surface area contributed by atoms with Crippen LogP contribution in [0.15, 0.2) is 72.3 Å². The van der Waals surface area contributed by atoms with Crippen LogP contribution in [-0.4, -0.2) is 19.1 Å². The number of carbonyl (C=O) groups excluding carboxylic acids is 1. The third-order valence-electron chi connectivity index (χ3n) is 5.71. The summed E-state index contributed by atoms with van der Waals surface area (Å²) >= 11 is 0. The summed E-state index contributed by atoms with van der Waals surface area (Å²) in [6.07, 6.45) is 2.40. The van der Waals surface area contributed by atoms with Crippen LogP contribution in [0.4, 0.5) is 5.69 Å². The van der Waals surface area contributed by atoms with Crippen molar-refractivity contribution >= 4 is 17.7 Å². The number of rotatable bonds is 7. The standard InChI is InChI=1S/C28H26N2O3/c1-3-32-27-17-21(12-13-26(27)33-19-23-10-5-4-8-20(23)2)16-24(18-29)28(31)30-15-14-22-9-6-7-11-25(22)30/h4-13,16-17H,3,14-15,19H2,1-2H3. The number of ether oxygens (including phenoxy) is 2. The summed E-state index contributed by atoms with van der Waals surface area (Å²) in [6.45, 7) is 5.44. The maximum Gasteiger partial charge on any atom is 0.268 e. The Morgan fingerprint density at radius 1 is 1.06 bits per heavy atom. The number of aryl methyl sites for hydroxylation is 1.